The molecule has 3 aromatic rings. The summed E-state index contributed by atoms with van der Waals surface area (Å²) in [7, 11) is 0. The third-order valence-corrected chi connectivity index (χ3v) is 5.58. The number of alkyl halides is 3. The lowest BCUT2D eigenvalue weighted by Gasteiger charge is -2.20. The molecule has 0 atom stereocenters. The zero-order valence-electron chi connectivity index (χ0n) is 19.6. The molecule has 9 heteroatoms. The largest absolute Gasteiger partial charge is 0.452 e. The fraction of sp³-hybridized carbons (Fsp3) is 0.185. The summed E-state index contributed by atoms with van der Waals surface area (Å²) in [5.74, 6) is -1.55. The Morgan fingerprint density at radius 3 is 2.25 bits per heavy atom. The number of hydrogen-bond donors (Lipinski definition) is 3. The molecule has 0 saturated carbocycles. The second-order valence-corrected chi connectivity index (χ2v) is 8.95. The van der Waals surface area contributed by atoms with E-state index in [0.717, 1.165) is 16.8 Å². The highest BCUT2D eigenvalue weighted by atomic mass is 19.4. The predicted octanol–water partition coefficient (Wildman–Crippen LogP) is 5.53. The van der Waals surface area contributed by atoms with Gasteiger partial charge >= 0.3 is 12.1 Å². The van der Waals surface area contributed by atoms with Crippen molar-refractivity contribution in [3.05, 3.63) is 95.1 Å². The minimum Gasteiger partial charge on any atom is -0.452 e. The second kappa shape index (κ2) is 9.50. The normalized spacial score (nSPS) is 14.7. The van der Waals surface area contributed by atoms with Gasteiger partial charge in [-0.15, -0.1) is 0 Å². The molecular formula is C27H24F3N3O3. The van der Waals surface area contributed by atoms with Crippen LogP contribution >= 0.6 is 0 Å². The number of hydrogen-bond acceptors (Lipinski definition) is 5. The number of fused-ring (bicyclic) bond motifs is 1. The lowest BCUT2D eigenvalue weighted by molar-refractivity contribution is -0.161. The molecule has 0 spiro atoms. The van der Waals surface area contributed by atoms with Crippen LogP contribution in [0.5, 0.6) is 0 Å². The van der Waals surface area contributed by atoms with E-state index in [0.29, 0.717) is 22.5 Å². The smallest absolute Gasteiger partial charge is 0.422 e. The molecule has 0 bridgehead atoms. The van der Waals surface area contributed by atoms with E-state index in [-0.39, 0.29) is 5.56 Å². The van der Waals surface area contributed by atoms with Crippen molar-refractivity contribution in [3.63, 3.8) is 0 Å². The van der Waals surface area contributed by atoms with Crippen LogP contribution in [0.25, 0.3) is 11.3 Å². The maximum atomic E-state index is 13.1. The van der Waals surface area contributed by atoms with Crippen molar-refractivity contribution < 1.29 is 27.5 Å². The summed E-state index contributed by atoms with van der Waals surface area (Å²) in [5.41, 5.74) is 9.62. The number of ether oxygens (including phenoxy) is 1. The summed E-state index contributed by atoms with van der Waals surface area (Å²) in [5, 5.41) is 6.02. The third kappa shape index (κ3) is 5.58. The van der Waals surface area contributed by atoms with Crippen molar-refractivity contribution in [1.82, 2.24) is 0 Å². The lowest BCUT2D eigenvalue weighted by Crippen LogP contribution is -2.28. The first kappa shape index (κ1) is 25.0. The molecule has 0 radical (unpaired) electrons. The summed E-state index contributed by atoms with van der Waals surface area (Å²) in [6, 6.07) is 20.9. The molecule has 36 heavy (non-hydrogen) atoms. The Morgan fingerprint density at radius 1 is 0.972 bits per heavy atom. The summed E-state index contributed by atoms with van der Waals surface area (Å²) in [6.07, 6.45) is -4.63. The van der Waals surface area contributed by atoms with Crippen molar-refractivity contribution in [3.8, 4) is 0 Å². The Balaban J connectivity index is 1.73. The molecule has 6 nitrogen and oxygen atoms in total. The second-order valence-electron chi connectivity index (χ2n) is 8.95. The van der Waals surface area contributed by atoms with Crippen LogP contribution in [0.1, 0.15) is 40.9 Å². The molecule has 4 N–H and O–H groups in total. The van der Waals surface area contributed by atoms with Crippen LogP contribution in [0.3, 0.4) is 0 Å². The Labute approximate surface area is 206 Å². The number of nitrogens with two attached hydrogens (primary N) is 1. The van der Waals surface area contributed by atoms with E-state index < -0.39 is 30.2 Å². The fourth-order valence-electron chi connectivity index (χ4n) is 3.79. The van der Waals surface area contributed by atoms with E-state index in [9.17, 15) is 22.8 Å². The number of carbonyl (C=O) groups excluding carboxylic acids is 2. The first-order valence-electron chi connectivity index (χ1n) is 11.1. The third-order valence-electron chi connectivity index (χ3n) is 5.58. The van der Waals surface area contributed by atoms with Crippen molar-refractivity contribution in [2.75, 3.05) is 17.2 Å². The minimum atomic E-state index is -4.63. The standard InChI is InChI=1S/C27H24F3N3O3/c1-26(2,31)18-9-11-19(12-10-18)32-23(16-6-4-3-5-7-16)22-20-13-8-17(14-21(20)33-24(22)34)25(35)36-15-27(28,29)30/h3-14,32H,15,31H2,1-2H3,(H,33,34)/b23-22-. The zero-order chi connectivity index (χ0) is 26.1. The Hall–Kier alpha value is -4.11. The van der Waals surface area contributed by atoms with Gasteiger partial charge in [-0.25, -0.2) is 4.79 Å². The topological polar surface area (TPSA) is 93.5 Å². The van der Waals surface area contributed by atoms with Gasteiger partial charge in [-0.2, -0.15) is 13.2 Å². The molecule has 0 saturated heterocycles. The molecule has 0 aromatic heterocycles. The number of halogens is 3. The van der Waals surface area contributed by atoms with Gasteiger partial charge in [-0.1, -0.05) is 48.5 Å². The Kier molecular flexibility index (Phi) is 6.60. The highest BCUT2D eigenvalue weighted by molar-refractivity contribution is 6.37. The summed E-state index contributed by atoms with van der Waals surface area (Å²) in [6.45, 7) is 2.11. The highest BCUT2D eigenvalue weighted by Crippen LogP contribution is 2.38. The van der Waals surface area contributed by atoms with E-state index in [4.69, 9.17) is 5.73 Å². The maximum Gasteiger partial charge on any atom is 0.422 e. The molecule has 0 aliphatic carbocycles. The van der Waals surface area contributed by atoms with Crippen LogP contribution in [0.15, 0.2) is 72.8 Å². The number of carbonyl (C=O) groups is 2. The highest BCUT2D eigenvalue weighted by Gasteiger charge is 2.32. The predicted molar refractivity (Wildman–Crippen MR) is 132 cm³/mol. The maximum absolute atomic E-state index is 13.1. The molecule has 3 aromatic carbocycles. The van der Waals surface area contributed by atoms with E-state index >= 15 is 0 Å². The van der Waals surface area contributed by atoms with Crippen LogP contribution < -0.4 is 16.4 Å². The van der Waals surface area contributed by atoms with Crippen LogP contribution in [-0.4, -0.2) is 24.7 Å². The van der Waals surface area contributed by atoms with Crippen LogP contribution in [0, 0.1) is 0 Å². The number of rotatable bonds is 6. The molecule has 186 valence electrons. The SMILES string of the molecule is CC(C)(N)c1ccc(N/C(=C2\C(=O)Nc3cc(C(=O)OCC(F)(F)F)ccc32)c2ccccc2)cc1. The first-order chi connectivity index (χ1) is 16.9. The fourth-order valence-corrected chi connectivity index (χ4v) is 3.79. The van der Waals surface area contributed by atoms with Crippen molar-refractivity contribution in [1.29, 1.82) is 0 Å². The molecule has 1 heterocycles. The number of esters is 1. The molecule has 0 unspecified atom stereocenters. The van der Waals surface area contributed by atoms with Gasteiger partial charge in [0.2, 0.25) is 0 Å². The van der Waals surface area contributed by atoms with Crippen molar-refractivity contribution in [2.45, 2.75) is 25.6 Å². The number of amides is 1. The van der Waals surface area contributed by atoms with Crippen LogP contribution in [0.2, 0.25) is 0 Å². The molecule has 1 aliphatic rings. The van der Waals surface area contributed by atoms with E-state index in [2.05, 4.69) is 15.4 Å². The summed E-state index contributed by atoms with van der Waals surface area (Å²) < 4.78 is 41.6. The van der Waals surface area contributed by atoms with Gasteiger partial charge in [0.05, 0.1) is 22.5 Å². The first-order valence-corrected chi connectivity index (χ1v) is 11.1. The van der Waals surface area contributed by atoms with Gasteiger partial charge in [0.25, 0.3) is 5.91 Å². The molecule has 1 aliphatic heterocycles. The van der Waals surface area contributed by atoms with Gasteiger partial charge in [0.1, 0.15) is 0 Å². The monoisotopic (exact) mass is 495 g/mol. The Bertz CT molecular complexity index is 1330. The van der Waals surface area contributed by atoms with Gasteiger partial charge < -0.3 is 21.1 Å². The molecular weight excluding hydrogens is 471 g/mol. The van der Waals surface area contributed by atoms with Gasteiger partial charge in [-0.05, 0) is 49.2 Å². The van der Waals surface area contributed by atoms with E-state index in [1.54, 1.807) is 0 Å². The number of benzene rings is 3. The zero-order valence-corrected chi connectivity index (χ0v) is 19.6. The van der Waals surface area contributed by atoms with Gasteiger partial charge in [-0.3, -0.25) is 4.79 Å². The minimum absolute atomic E-state index is 0.103. The average Bonchev–Trinajstić information content (AvgIpc) is 3.15. The van der Waals surface area contributed by atoms with E-state index in [1.165, 1.54) is 18.2 Å². The lowest BCUT2D eigenvalue weighted by atomic mass is 9.95. The van der Waals surface area contributed by atoms with Crippen LogP contribution in [-0.2, 0) is 15.1 Å². The molecule has 4 rings (SSSR count). The molecule has 0 fully saturated rings. The summed E-state index contributed by atoms with van der Waals surface area (Å²) >= 11 is 0. The quantitative estimate of drug-likeness (QED) is 0.309. The average molecular weight is 496 g/mol. The van der Waals surface area contributed by atoms with Gasteiger partial charge in [0.15, 0.2) is 6.61 Å². The van der Waals surface area contributed by atoms with Crippen molar-refractivity contribution in [2.24, 2.45) is 5.73 Å². The van der Waals surface area contributed by atoms with E-state index in [1.807, 2.05) is 68.4 Å². The number of nitrogens with one attached hydrogen (secondary N) is 2. The van der Waals surface area contributed by atoms with Crippen molar-refractivity contribution >= 4 is 34.5 Å². The molecule has 1 amide bonds. The summed E-state index contributed by atoms with van der Waals surface area (Å²) in [4.78, 5) is 25.2. The van der Waals surface area contributed by atoms with Crippen LogP contribution in [0.4, 0.5) is 24.5 Å². The number of anilines is 2. The Morgan fingerprint density at radius 2 is 1.64 bits per heavy atom. The van der Waals surface area contributed by atoms with Gasteiger partial charge in [0, 0.05) is 16.8 Å².